The fourth-order valence-electron chi connectivity index (χ4n) is 2.35. The Morgan fingerprint density at radius 2 is 0.750 bits per heavy atom. The summed E-state index contributed by atoms with van der Waals surface area (Å²) in [7, 11) is 0. The van der Waals surface area contributed by atoms with Gasteiger partial charge >= 0.3 is 17.1 Å². The van der Waals surface area contributed by atoms with Crippen LogP contribution in [0.2, 0.25) is 0 Å². The zero-order valence-electron chi connectivity index (χ0n) is 13.7. The Bertz CT molecular complexity index is 546. The van der Waals surface area contributed by atoms with Gasteiger partial charge in [0, 0.05) is 37.3 Å². The predicted octanol–water partition coefficient (Wildman–Crippen LogP) is 2.23. The molecule has 1 aromatic rings. The van der Waals surface area contributed by atoms with Crippen molar-refractivity contribution < 1.29 is 0 Å². The number of aromatic nitrogens is 3. The average Bonchev–Trinajstić information content (AvgIpc) is 2.57. The fourth-order valence-corrected chi connectivity index (χ4v) is 2.92. The van der Waals surface area contributed by atoms with Gasteiger partial charge in [-0.15, -0.1) is 34.8 Å². The van der Waals surface area contributed by atoms with E-state index in [1.165, 1.54) is 0 Å². The largest absolute Gasteiger partial charge is 0.336 e. The molecule has 138 valence electrons. The van der Waals surface area contributed by atoms with E-state index in [4.69, 9.17) is 34.8 Å². The third kappa shape index (κ3) is 5.97. The van der Waals surface area contributed by atoms with E-state index in [9.17, 15) is 14.4 Å². The molecule has 0 aliphatic carbocycles. The molecule has 0 radical (unpaired) electrons. The standard InChI is InChI=1S/C15H24Cl3N3O3/c16-7-1-4-10-19-13(22)20(11-5-2-8-17)15(24)21(14(19)23)12-6-3-9-18/h1-12H2. The molecular weight excluding hydrogens is 377 g/mol. The molecule has 0 amide bonds. The zero-order valence-corrected chi connectivity index (χ0v) is 16.0. The summed E-state index contributed by atoms with van der Waals surface area (Å²) in [6.07, 6.45) is 3.93. The van der Waals surface area contributed by atoms with Crippen LogP contribution < -0.4 is 17.1 Å². The summed E-state index contributed by atoms with van der Waals surface area (Å²) < 4.78 is 3.40. The smallest absolute Gasteiger partial charge is 0.247 e. The number of hydrogen-bond acceptors (Lipinski definition) is 3. The summed E-state index contributed by atoms with van der Waals surface area (Å²) in [5.74, 6) is 1.40. The lowest BCUT2D eigenvalue weighted by Crippen LogP contribution is -2.54. The SMILES string of the molecule is O=c1n(CCCCCl)c(=O)n(CCCCCl)c(=O)n1CCCCCl. The first-order valence-electron chi connectivity index (χ1n) is 8.20. The molecule has 1 rings (SSSR count). The number of halogens is 3. The number of alkyl halides is 3. The van der Waals surface area contributed by atoms with E-state index in [0.717, 1.165) is 13.7 Å². The van der Waals surface area contributed by atoms with Gasteiger partial charge in [0.2, 0.25) is 0 Å². The minimum absolute atomic E-state index is 0.260. The van der Waals surface area contributed by atoms with Gasteiger partial charge in [0.25, 0.3) is 0 Å². The molecule has 0 aromatic carbocycles. The molecule has 0 aliphatic heterocycles. The normalized spacial score (nSPS) is 11.1. The quantitative estimate of drug-likeness (QED) is 0.399. The molecule has 0 saturated carbocycles. The predicted molar refractivity (Wildman–Crippen MR) is 99.1 cm³/mol. The van der Waals surface area contributed by atoms with Gasteiger partial charge in [-0.2, -0.15) is 0 Å². The first-order chi connectivity index (χ1) is 11.6. The van der Waals surface area contributed by atoms with E-state index in [0.29, 0.717) is 56.2 Å². The maximum atomic E-state index is 12.5. The van der Waals surface area contributed by atoms with E-state index < -0.39 is 17.1 Å². The van der Waals surface area contributed by atoms with E-state index in [1.54, 1.807) is 0 Å². The third-order valence-corrected chi connectivity index (χ3v) is 4.48. The minimum Gasteiger partial charge on any atom is -0.247 e. The highest BCUT2D eigenvalue weighted by Gasteiger charge is 2.14. The van der Waals surface area contributed by atoms with Crippen molar-refractivity contribution in [2.45, 2.75) is 58.2 Å². The summed E-state index contributed by atoms with van der Waals surface area (Å²) in [5, 5.41) is 0. The van der Waals surface area contributed by atoms with Crippen molar-refractivity contribution in [1.82, 2.24) is 13.7 Å². The van der Waals surface area contributed by atoms with Gasteiger partial charge < -0.3 is 0 Å². The molecule has 1 aromatic heterocycles. The van der Waals surface area contributed by atoms with Crippen LogP contribution in [0.3, 0.4) is 0 Å². The van der Waals surface area contributed by atoms with Crippen molar-refractivity contribution in [3.8, 4) is 0 Å². The maximum absolute atomic E-state index is 12.5. The van der Waals surface area contributed by atoms with E-state index in [-0.39, 0.29) is 19.6 Å². The van der Waals surface area contributed by atoms with Crippen LogP contribution in [0.1, 0.15) is 38.5 Å². The summed E-state index contributed by atoms with van der Waals surface area (Å²) in [5.41, 5.74) is -1.66. The van der Waals surface area contributed by atoms with E-state index >= 15 is 0 Å². The number of unbranched alkanes of at least 4 members (excludes halogenated alkanes) is 3. The molecule has 0 saturated heterocycles. The second kappa shape index (κ2) is 11.8. The van der Waals surface area contributed by atoms with Crippen LogP contribution in [0, 0.1) is 0 Å². The monoisotopic (exact) mass is 399 g/mol. The average molecular weight is 401 g/mol. The Balaban J connectivity index is 3.22. The highest BCUT2D eigenvalue weighted by atomic mass is 35.5. The molecule has 6 nitrogen and oxygen atoms in total. The Hall–Kier alpha value is -0.720. The van der Waals surface area contributed by atoms with Gasteiger partial charge in [-0.3, -0.25) is 0 Å². The number of hydrogen-bond donors (Lipinski definition) is 0. The van der Waals surface area contributed by atoms with Gasteiger partial charge in [0.05, 0.1) is 0 Å². The fraction of sp³-hybridized carbons (Fsp3) is 0.800. The van der Waals surface area contributed by atoms with Gasteiger partial charge in [-0.1, -0.05) is 0 Å². The molecule has 24 heavy (non-hydrogen) atoms. The van der Waals surface area contributed by atoms with Crippen molar-refractivity contribution >= 4 is 34.8 Å². The highest BCUT2D eigenvalue weighted by Crippen LogP contribution is 1.96. The first-order valence-corrected chi connectivity index (χ1v) is 9.81. The molecule has 0 N–H and O–H groups in total. The van der Waals surface area contributed by atoms with Crippen LogP contribution in [0.5, 0.6) is 0 Å². The van der Waals surface area contributed by atoms with Crippen LogP contribution in [-0.2, 0) is 19.6 Å². The second-order valence-corrected chi connectivity index (χ2v) is 6.62. The molecule has 0 spiro atoms. The van der Waals surface area contributed by atoms with Crippen LogP contribution >= 0.6 is 34.8 Å². The number of rotatable bonds is 12. The molecular formula is C15H24Cl3N3O3. The van der Waals surface area contributed by atoms with Gasteiger partial charge in [-0.25, -0.2) is 28.1 Å². The Kier molecular flexibility index (Phi) is 10.5. The van der Waals surface area contributed by atoms with Crippen LogP contribution in [0.4, 0.5) is 0 Å². The topological polar surface area (TPSA) is 66.0 Å². The summed E-state index contributed by atoms with van der Waals surface area (Å²) in [4.78, 5) is 37.5. The van der Waals surface area contributed by atoms with Crippen molar-refractivity contribution in [1.29, 1.82) is 0 Å². The lowest BCUT2D eigenvalue weighted by atomic mass is 10.3. The molecule has 0 atom stereocenters. The second-order valence-electron chi connectivity index (χ2n) is 5.49. The van der Waals surface area contributed by atoms with Crippen molar-refractivity contribution in [2.75, 3.05) is 17.6 Å². The van der Waals surface area contributed by atoms with Crippen LogP contribution in [0.15, 0.2) is 14.4 Å². The zero-order chi connectivity index (χ0) is 17.9. The summed E-state index contributed by atoms with van der Waals surface area (Å²) in [6.45, 7) is 0.779. The highest BCUT2D eigenvalue weighted by molar-refractivity contribution is 6.18. The Morgan fingerprint density at radius 1 is 0.500 bits per heavy atom. The first kappa shape index (κ1) is 21.3. The summed E-state index contributed by atoms with van der Waals surface area (Å²) >= 11 is 17.0. The maximum Gasteiger partial charge on any atom is 0.336 e. The van der Waals surface area contributed by atoms with Gasteiger partial charge in [-0.05, 0) is 38.5 Å². The molecule has 0 unspecified atom stereocenters. The third-order valence-electron chi connectivity index (χ3n) is 3.68. The molecule has 0 fully saturated rings. The molecule has 9 heteroatoms. The molecule has 0 bridgehead atoms. The van der Waals surface area contributed by atoms with E-state index in [1.807, 2.05) is 0 Å². The number of nitrogens with zero attached hydrogens (tertiary/aromatic N) is 3. The van der Waals surface area contributed by atoms with Crippen molar-refractivity contribution in [3.05, 3.63) is 31.5 Å². The Labute approximate surface area is 155 Å². The minimum atomic E-state index is -0.553. The molecule has 1 heterocycles. The van der Waals surface area contributed by atoms with E-state index in [2.05, 4.69) is 0 Å². The lowest BCUT2D eigenvalue weighted by Gasteiger charge is -2.13. The van der Waals surface area contributed by atoms with Crippen molar-refractivity contribution in [3.63, 3.8) is 0 Å². The lowest BCUT2D eigenvalue weighted by molar-refractivity contribution is 0.424. The molecule has 0 aliphatic rings. The van der Waals surface area contributed by atoms with Crippen molar-refractivity contribution in [2.24, 2.45) is 0 Å². The van der Waals surface area contributed by atoms with Gasteiger partial charge in [0.15, 0.2) is 0 Å². The van der Waals surface area contributed by atoms with Crippen LogP contribution in [-0.4, -0.2) is 31.3 Å². The summed E-state index contributed by atoms with van der Waals surface area (Å²) in [6, 6.07) is 0. The van der Waals surface area contributed by atoms with Crippen LogP contribution in [0.25, 0.3) is 0 Å². The van der Waals surface area contributed by atoms with Gasteiger partial charge in [0.1, 0.15) is 0 Å². The Morgan fingerprint density at radius 3 is 0.958 bits per heavy atom.